The molecule has 0 saturated carbocycles. The average molecular weight is 347 g/mol. The highest BCUT2D eigenvalue weighted by molar-refractivity contribution is 5.83. The van der Waals surface area contributed by atoms with E-state index < -0.39 is 11.9 Å². The molecule has 1 amide bonds. The second-order valence-electron chi connectivity index (χ2n) is 5.44. The number of nitrogens with one attached hydrogen (secondary N) is 1. The lowest BCUT2D eigenvalue weighted by molar-refractivity contribution is 0.155. The number of anilines is 1. The minimum Gasteiger partial charge on any atom is -0.444 e. The first-order valence-electron chi connectivity index (χ1n) is 7.80. The number of ether oxygens (including phenoxy) is 1. The summed E-state index contributed by atoms with van der Waals surface area (Å²) in [4.78, 5) is 16.2. The van der Waals surface area contributed by atoms with Crippen molar-refractivity contribution >= 4 is 11.9 Å². The Hall–Kier alpha value is -3.72. The summed E-state index contributed by atoms with van der Waals surface area (Å²) in [6, 6.07) is 20.1. The number of halogens is 1. The number of carbonyl (C=O) groups is 1. The van der Waals surface area contributed by atoms with E-state index in [0.717, 1.165) is 11.6 Å². The van der Waals surface area contributed by atoms with Crippen LogP contribution in [0.2, 0.25) is 0 Å². The Morgan fingerprint density at radius 3 is 2.69 bits per heavy atom. The third-order valence-electron chi connectivity index (χ3n) is 3.51. The zero-order valence-corrected chi connectivity index (χ0v) is 13.6. The lowest BCUT2D eigenvalue weighted by atomic mass is 10.1. The Morgan fingerprint density at radius 2 is 1.92 bits per heavy atom. The molecule has 0 fully saturated rings. The maximum absolute atomic E-state index is 13.6. The monoisotopic (exact) mass is 347 g/mol. The van der Waals surface area contributed by atoms with Crippen molar-refractivity contribution in [3.05, 3.63) is 83.7 Å². The smallest absolute Gasteiger partial charge is 0.413 e. The van der Waals surface area contributed by atoms with Crippen LogP contribution in [0.25, 0.3) is 11.3 Å². The van der Waals surface area contributed by atoms with Gasteiger partial charge in [0.25, 0.3) is 0 Å². The van der Waals surface area contributed by atoms with Gasteiger partial charge in [-0.15, -0.1) is 0 Å². The van der Waals surface area contributed by atoms with E-state index in [-0.39, 0.29) is 18.0 Å². The molecule has 0 spiro atoms. The maximum atomic E-state index is 13.6. The van der Waals surface area contributed by atoms with Crippen LogP contribution in [0, 0.1) is 17.1 Å². The number of benzene rings is 2. The molecule has 5 nitrogen and oxygen atoms in total. The van der Waals surface area contributed by atoms with Crippen molar-refractivity contribution < 1.29 is 13.9 Å². The maximum Gasteiger partial charge on any atom is 0.413 e. The Labute approximate surface area is 149 Å². The Kier molecular flexibility index (Phi) is 5.20. The molecule has 1 heterocycles. The fourth-order valence-electron chi connectivity index (χ4n) is 2.33. The van der Waals surface area contributed by atoms with E-state index in [4.69, 9.17) is 10.00 Å². The van der Waals surface area contributed by atoms with E-state index >= 15 is 0 Å². The molecule has 0 bridgehead atoms. The van der Waals surface area contributed by atoms with Crippen LogP contribution in [0.3, 0.4) is 0 Å². The summed E-state index contributed by atoms with van der Waals surface area (Å²) in [5, 5.41) is 11.5. The number of nitriles is 1. The van der Waals surface area contributed by atoms with Crippen LogP contribution in [-0.4, -0.2) is 11.1 Å². The molecular formula is C20H14FN3O2. The molecule has 0 saturated heterocycles. The predicted molar refractivity (Wildman–Crippen MR) is 94.6 cm³/mol. The first-order valence-corrected chi connectivity index (χ1v) is 7.80. The summed E-state index contributed by atoms with van der Waals surface area (Å²) in [6.45, 7) is 0.141. The van der Waals surface area contributed by atoms with Gasteiger partial charge in [-0.2, -0.15) is 5.26 Å². The molecule has 0 aliphatic carbocycles. The molecule has 0 atom stereocenters. The number of pyridine rings is 1. The summed E-state index contributed by atoms with van der Waals surface area (Å²) in [5.74, 6) is -0.259. The van der Waals surface area contributed by atoms with E-state index in [1.54, 1.807) is 18.2 Å². The first kappa shape index (κ1) is 17.1. The van der Waals surface area contributed by atoms with Gasteiger partial charge < -0.3 is 4.74 Å². The largest absolute Gasteiger partial charge is 0.444 e. The van der Waals surface area contributed by atoms with Gasteiger partial charge in [-0.05, 0) is 35.9 Å². The van der Waals surface area contributed by atoms with Gasteiger partial charge in [-0.25, -0.2) is 14.2 Å². The number of carbonyl (C=O) groups excluding carboxylic acids is 1. The van der Waals surface area contributed by atoms with Crippen molar-refractivity contribution in [2.45, 2.75) is 6.61 Å². The van der Waals surface area contributed by atoms with Crippen molar-refractivity contribution in [1.82, 2.24) is 4.98 Å². The zero-order chi connectivity index (χ0) is 18.4. The standard InChI is InChI=1S/C20H14FN3O2/c21-17-10-15(12-22)9-16(11-17)18-7-4-8-19(23-18)24-20(25)26-13-14-5-2-1-3-6-14/h1-11H,13H2,(H,23,24,25). The number of rotatable bonds is 4. The molecule has 0 aliphatic rings. The Balaban J connectivity index is 1.70. The van der Waals surface area contributed by atoms with E-state index in [2.05, 4.69) is 10.3 Å². The molecule has 26 heavy (non-hydrogen) atoms. The molecule has 1 aromatic heterocycles. The fourth-order valence-corrected chi connectivity index (χ4v) is 2.33. The van der Waals surface area contributed by atoms with E-state index in [9.17, 15) is 9.18 Å². The highest BCUT2D eigenvalue weighted by atomic mass is 19.1. The van der Waals surface area contributed by atoms with Gasteiger partial charge in [0.05, 0.1) is 17.3 Å². The third kappa shape index (κ3) is 4.42. The van der Waals surface area contributed by atoms with Crippen LogP contribution >= 0.6 is 0 Å². The minimum absolute atomic E-state index is 0.141. The van der Waals surface area contributed by atoms with Crippen LogP contribution in [0.4, 0.5) is 15.0 Å². The molecular weight excluding hydrogens is 333 g/mol. The fraction of sp³-hybridized carbons (Fsp3) is 0.0500. The zero-order valence-electron chi connectivity index (χ0n) is 13.6. The molecule has 3 rings (SSSR count). The van der Waals surface area contributed by atoms with Crippen molar-refractivity contribution in [2.24, 2.45) is 0 Å². The molecule has 0 aliphatic heterocycles. The molecule has 2 aromatic carbocycles. The number of hydrogen-bond donors (Lipinski definition) is 1. The van der Waals surface area contributed by atoms with Gasteiger partial charge >= 0.3 is 6.09 Å². The van der Waals surface area contributed by atoms with E-state index in [0.29, 0.717) is 11.3 Å². The van der Waals surface area contributed by atoms with Crippen molar-refractivity contribution in [1.29, 1.82) is 5.26 Å². The van der Waals surface area contributed by atoms with Gasteiger partial charge in [0, 0.05) is 5.56 Å². The topological polar surface area (TPSA) is 75.0 Å². The summed E-state index contributed by atoms with van der Waals surface area (Å²) in [7, 11) is 0. The first-order chi connectivity index (χ1) is 12.6. The summed E-state index contributed by atoms with van der Waals surface area (Å²) < 4.78 is 18.7. The van der Waals surface area contributed by atoms with Gasteiger partial charge in [0.1, 0.15) is 18.2 Å². The molecule has 0 unspecified atom stereocenters. The van der Waals surface area contributed by atoms with Crippen molar-refractivity contribution in [3.8, 4) is 17.3 Å². The molecule has 128 valence electrons. The highest BCUT2D eigenvalue weighted by Crippen LogP contribution is 2.21. The lowest BCUT2D eigenvalue weighted by Gasteiger charge is -2.08. The van der Waals surface area contributed by atoms with Crippen LogP contribution < -0.4 is 5.32 Å². The predicted octanol–water partition coefficient (Wildman–Crippen LogP) is 4.51. The normalized spacial score (nSPS) is 10.0. The average Bonchev–Trinajstić information content (AvgIpc) is 2.67. The van der Waals surface area contributed by atoms with Gasteiger partial charge in [0.2, 0.25) is 0 Å². The Morgan fingerprint density at radius 1 is 1.12 bits per heavy atom. The number of nitrogens with zero attached hydrogens (tertiary/aromatic N) is 2. The van der Waals surface area contributed by atoms with Gasteiger partial charge in [-0.3, -0.25) is 5.32 Å². The SMILES string of the molecule is N#Cc1cc(F)cc(-c2cccc(NC(=O)OCc3ccccc3)n2)c1. The van der Waals surface area contributed by atoms with Crippen LogP contribution in [0.15, 0.2) is 66.7 Å². The van der Waals surface area contributed by atoms with Crippen LogP contribution in [0.5, 0.6) is 0 Å². The second-order valence-corrected chi connectivity index (χ2v) is 5.44. The molecule has 1 N–H and O–H groups in total. The minimum atomic E-state index is -0.643. The summed E-state index contributed by atoms with van der Waals surface area (Å²) >= 11 is 0. The van der Waals surface area contributed by atoms with Crippen LogP contribution in [0.1, 0.15) is 11.1 Å². The highest BCUT2D eigenvalue weighted by Gasteiger charge is 2.08. The molecule has 3 aromatic rings. The van der Waals surface area contributed by atoms with Crippen LogP contribution in [-0.2, 0) is 11.3 Å². The van der Waals surface area contributed by atoms with Crippen molar-refractivity contribution in [2.75, 3.05) is 5.32 Å². The van der Waals surface area contributed by atoms with Gasteiger partial charge in [0.15, 0.2) is 0 Å². The van der Waals surface area contributed by atoms with E-state index in [1.165, 1.54) is 12.1 Å². The third-order valence-corrected chi connectivity index (χ3v) is 3.51. The number of amides is 1. The van der Waals surface area contributed by atoms with Crippen molar-refractivity contribution in [3.63, 3.8) is 0 Å². The summed E-state index contributed by atoms with van der Waals surface area (Å²) in [5.41, 5.74) is 1.94. The lowest BCUT2D eigenvalue weighted by Crippen LogP contribution is -2.14. The summed E-state index contributed by atoms with van der Waals surface area (Å²) in [6.07, 6.45) is -0.643. The molecule has 6 heteroatoms. The quantitative estimate of drug-likeness (QED) is 0.753. The molecule has 0 radical (unpaired) electrons. The Bertz CT molecular complexity index is 968. The number of hydrogen-bond acceptors (Lipinski definition) is 4. The second kappa shape index (κ2) is 7.90. The number of aromatic nitrogens is 1. The van der Waals surface area contributed by atoms with Gasteiger partial charge in [-0.1, -0.05) is 36.4 Å². The van der Waals surface area contributed by atoms with E-state index in [1.807, 2.05) is 36.4 Å².